The van der Waals surface area contributed by atoms with E-state index < -0.39 is 0 Å². The number of aryl methyl sites for hydroxylation is 2. The molecule has 0 amide bonds. The van der Waals surface area contributed by atoms with Crippen molar-refractivity contribution in [3.05, 3.63) is 36.2 Å². The first-order chi connectivity index (χ1) is 7.74. The van der Waals surface area contributed by atoms with Crippen LogP contribution in [0.5, 0.6) is 0 Å². The highest BCUT2D eigenvalue weighted by atomic mass is 16.1. The number of rotatable bonds is 4. The Labute approximate surface area is 93.7 Å². The van der Waals surface area contributed by atoms with Gasteiger partial charge in [0.25, 0.3) is 0 Å². The molecular weight excluding hydrogens is 204 g/mol. The maximum atomic E-state index is 12.2. The minimum absolute atomic E-state index is 0.0362. The van der Waals surface area contributed by atoms with Crippen LogP contribution in [0.1, 0.15) is 29.5 Å². The second kappa shape index (κ2) is 4.30. The van der Waals surface area contributed by atoms with Crippen LogP contribution in [0.25, 0.3) is 0 Å². The van der Waals surface area contributed by atoms with E-state index in [1.165, 1.54) is 0 Å². The predicted molar refractivity (Wildman–Crippen MR) is 59.2 cm³/mol. The van der Waals surface area contributed by atoms with Gasteiger partial charge in [-0.3, -0.25) is 9.48 Å². The Balaban J connectivity index is 2.34. The molecule has 2 rings (SSSR count). The fourth-order valence-electron chi connectivity index (χ4n) is 1.62. The van der Waals surface area contributed by atoms with E-state index in [1.54, 1.807) is 41.1 Å². The summed E-state index contributed by atoms with van der Waals surface area (Å²) in [6, 6.07) is 1.74. The lowest BCUT2D eigenvalue weighted by Crippen LogP contribution is -2.13. The number of carbonyl (C=O) groups is 1. The number of aromatic nitrogens is 4. The lowest BCUT2D eigenvalue weighted by atomic mass is 10.2. The number of hydrogen-bond acceptors (Lipinski definition) is 3. The molecule has 2 aromatic heterocycles. The van der Waals surface area contributed by atoms with Gasteiger partial charge in [-0.05, 0) is 12.5 Å². The van der Waals surface area contributed by atoms with Crippen molar-refractivity contribution in [1.82, 2.24) is 19.3 Å². The Hall–Kier alpha value is -1.91. The average molecular weight is 218 g/mol. The first-order valence-electron chi connectivity index (χ1n) is 5.27. The Bertz CT molecular complexity index is 498. The molecule has 5 heteroatoms. The van der Waals surface area contributed by atoms with E-state index in [1.807, 2.05) is 0 Å². The topological polar surface area (TPSA) is 52.7 Å². The largest absolute Gasteiger partial charge is 0.331 e. The molecule has 0 N–H and O–H groups in total. The Morgan fingerprint density at radius 1 is 1.44 bits per heavy atom. The van der Waals surface area contributed by atoms with Gasteiger partial charge in [0.05, 0.1) is 12.5 Å². The third kappa shape index (κ3) is 1.76. The minimum Gasteiger partial charge on any atom is -0.331 e. The van der Waals surface area contributed by atoms with Gasteiger partial charge in [0.1, 0.15) is 11.4 Å². The molecule has 0 aliphatic heterocycles. The summed E-state index contributed by atoms with van der Waals surface area (Å²) < 4.78 is 3.45. The normalized spacial score (nSPS) is 10.6. The maximum Gasteiger partial charge on any atom is 0.228 e. The molecule has 2 aromatic rings. The van der Waals surface area contributed by atoms with Gasteiger partial charge in [-0.1, -0.05) is 6.92 Å². The summed E-state index contributed by atoms with van der Waals surface area (Å²) in [4.78, 5) is 16.1. The van der Waals surface area contributed by atoms with Crippen LogP contribution in [0, 0.1) is 0 Å². The molecule has 0 spiro atoms. The second-order valence-electron chi connectivity index (χ2n) is 3.66. The molecular formula is C11H14N4O. The first-order valence-corrected chi connectivity index (χ1v) is 5.27. The number of ketones is 1. The van der Waals surface area contributed by atoms with Crippen LogP contribution >= 0.6 is 0 Å². The van der Waals surface area contributed by atoms with E-state index in [-0.39, 0.29) is 5.78 Å². The van der Waals surface area contributed by atoms with Gasteiger partial charge in [-0.25, -0.2) is 4.98 Å². The highest BCUT2D eigenvalue weighted by Gasteiger charge is 2.16. The zero-order valence-corrected chi connectivity index (χ0v) is 9.42. The Kier molecular flexibility index (Phi) is 2.85. The minimum atomic E-state index is -0.0362. The fraction of sp³-hybridized carbons (Fsp3) is 0.364. The van der Waals surface area contributed by atoms with Crippen LogP contribution in [0.15, 0.2) is 24.8 Å². The van der Waals surface area contributed by atoms with Crippen LogP contribution in [0.4, 0.5) is 0 Å². The lowest BCUT2D eigenvalue weighted by Gasteiger charge is -2.05. The molecule has 0 saturated heterocycles. The summed E-state index contributed by atoms with van der Waals surface area (Å²) in [5.74, 6) is -0.0362. The molecule has 0 aliphatic carbocycles. The van der Waals surface area contributed by atoms with Crippen LogP contribution in [-0.4, -0.2) is 25.1 Å². The predicted octanol–water partition coefficient (Wildman–Crippen LogP) is 1.26. The maximum absolute atomic E-state index is 12.2. The molecule has 5 nitrogen and oxygen atoms in total. The van der Waals surface area contributed by atoms with Gasteiger partial charge in [-0.15, -0.1) is 0 Å². The van der Waals surface area contributed by atoms with Gasteiger partial charge in [0, 0.05) is 19.8 Å². The molecule has 0 atom stereocenters. The standard InChI is InChI=1S/C11H14N4O/c1-3-6-15-9(4-5-13-15)11(16)10-7-12-8-14(10)2/h4-5,7-8H,3,6H2,1-2H3. The highest BCUT2D eigenvalue weighted by molar-refractivity contribution is 6.06. The van der Waals surface area contributed by atoms with Crippen LogP contribution < -0.4 is 0 Å². The first kappa shape index (κ1) is 10.6. The van der Waals surface area contributed by atoms with E-state index >= 15 is 0 Å². The van der Waals surface area contributed by atoms with Gasteiger partial charge >= 0.3 is 0 Å². The second-order valence-corrected chi connectivity index (χ2v) is 3.66. The molecule has 84 valence electrons. The van der Waals surface area contributed by atoms with Crippen LogP contribution in [0.2, 0.25) is 0 Å². The Morgan fingerprint density at radius 3 is 2.88 bits per heavy atom. The summed E-state index contributed by atoms with van der Waals surface area (Å²) in [7, 11) is 1.81. The SMILES string of the molecule is CCCn1nccc1C(=O)c1cncn1C. The number of nitrogens with zero attached hydrogens (tertiary/aromatic N) is 4. The molecule has 0 unspecified atom stereocenters. The van der Waals surface area contributed by atoms with E-state index in [0.717, 1.165) is 13.0 Å². The van der Waals surface area contributed by atoms with Crippen molar-refractivity contribution in [2.45, 2.75) is 19.9 Å². The van der Waals surface area contributed by atoms with Crippen LogP contribution in [0.3, 0.4) is 0 Å². The van der Waals surface area contributed by atoms with Crippen molar-refractivity contribution in [3.8, 4) is 0 Å². The molecule has 0 aliphatic rings. The van der Waals surface area contributed by atoms with Crippen molar-refractivity contribution >= 4 is 5.78 Å². The lowest BCUT2D eigenvalue weighted by molar-refractivity contribution is 0.102. The Morgan fingerprint density at radius 2 is 2.25 bits per heavy atom. The van der Waals surface area contributed by atoms with Crippen molar-refractivity contribution in [2.24, 2.45) is 7.05 Å². The summed E-state index contributed by atoms with van der Waals surface area (Å²) in [5.41, 5.74) is 1.20. The van der Waals surface area contributed by atoms with Crippen LogP contribution in [-0.2, 0) is 13.6 Å². The van der Waals surface area contributed by atoms with E-state index in [4.69, 9.17) is 0 Å². The van der Waals surface area contributed by atoms with Crippen molar-refractivity contribution < 1.29 is 4.79 Å². The third-order valence-corrected chi connectivity index (χ3v) is 2.43. The zero-order chi connectivity index (χ0) is 11.5. The van der Waals surface area contributed by atoms with E-state index in [2.05, 4.69) is 17.0 Å². The molecule has 16 heavy (non-hydrogen) atoms. The van der Waals surface area contributed by atoms with Crippen molar-refractivity contribution in [1.29, 1.82) is 0 Å². The van der Waals surface area contributed by atoms with Gasteiger partial charge in [0.15, 0.2) is 0 Å². The number of imidazole rings is 1. The monoisotopic (exact) mass is 218 g/mol. The zero-order valence-electron chi connectivity index (χ0n) is 9.42. The summed E-state index contributed by atoms with van der Waals surface area (Å²) in [6.07, 6.45) is 5.80. The fourth-order valence-corrected chi connectivity index (χ4v) is 1.62. The van der Waals surface area contributed by atoms with Crippen molar-refractivity contribution in [2.75, 3.05) is 0 Å². The van der Waals surface area contributed by atoms with E-state index in [0.29, 0.717) is 11.4 Å². The average Bonchev–Trinajstić information content (AvgIpc) is 2.87. The van der Waals surface area contributed by atoms with Crippen molar-refractivity contribution in [3.63, 3.8) is 0 Å². The van der Waals surface area contributed by atoms with E-state index in [9.17, 15) is 4.79 Å². The van der Waals surface area contributed by atoms with Gasteiger partial charge in [-0.2, -0.15) is 5.10 Å². The summed E-state index contributed by atoms with van der Waals surface area (Å²) in [6.45, 7) is 2.81. The number of hydrogen-bond donors (Lipinski definition) is 0. The van der Waals surface area contributed by atoms with Gasteiger partial charge < -0.3 is 4.57 Å². The molecule has 0 bridgehead atoms. The number of carbonyl (C=O) groups excluding carboxylic acids is 1. The molecule has 0 aromatic carbocycles. The molecule has 0 fully saturated rings. The quantitative estimate of drug-likeness (QED) is 0.726. The summed E-state index contributed by atoms with van der Waals surface area (Å²) in [5, 5.41) is 4.13. The summed E-state index contributed by atoms with van der Waals surface area (Å²) >= 11 is 0. The molecule has 0 radical (unpaired) electrons. The highest BCUT2D eigenvalue weighted by Crippen LogP contribution is 2.08. The third-order valence-electron chi connectivity index (χ3n) is 2.43. The smallest absolute Gasteiger partial charge is 0.228 e. The molecule has 0 saturated carbocycles. The molecule has 2 heterocycles. The van der Waals surface area contributed by atoms with Gasteiger partial charge in [0.2, 0.25) is 5.78 Å².